The predicted octanol–water partition coefficient (Wildman–Crippen LogP) is 3.65. The van der Waals surface area contributed by atoms with Gasteiger partial charge in [-0.15, -0.1) is 0 Å². The van der Waals surface area contributed by atoms with Crippen LogP contribution in [0.1, 0.15) is 17.0 Å². The van der Waals surface area contributed by atoms with Gasteiger partial charge in [0.25, 0.3) is 0 Å². The van der Waals surface area contributed by atoms with Crippen LogP contribution >= 0.6 is 11.6 Å². The summed E-state index contributed by atoms with van der Waals surface area (Å²) in [5.41, 5.74) is 2.05. The van der Waals surface area contributed by atoms with E-state index in [1.807, 2.05) is 24.3 Å². The minimum Gasteiger partial charge on any atom is -0.496 e. The Labute approximate surface area is 146 Å². The first-order chi connectivity index (χ1) is 11.6. The maximum atomic E-state index is 11.8. The number of halogens is 1. The Balaban J connectivity index is 1.86. The zero-order valence-corrected chi connectivity index (χ0v) is 14.2. The van der Waals surface area contributed by atoms with Gasteiger partial charge < -0.3 is 9.84 Å². The molecule has 0 aliphatic carbocycles. The maximum Gasteiger partial charge on any atom is 0.308 e. The fraction of sp³-hybridized carbons (Fsp3) is 0.316. The average Bonchev–Trinajstić information content (AvgIpc) is 2.99. The van der Waals surface area contributed by atoms with Crippen LogP contribution < -0.4 is 4.74 Å². The van der Waals surface area contributed by atoms with Crippen molar-refractivity contribution in [3.8, 4) is 5.75 Å². The van der Waals surface area contributed by atoms with Crippen LogP contribution in [0.4, 0.5) is 0 Å². The second-order valence-electron chi connectivity index (χ2n) is 6.12. The summed E-state index contributed by atoms with van der Waals surface area (Å²) >= 11 is 6.13. The maximum absolute atomic E-state index is 11.8. The quantitative estimate of drug-likeness (QED) is 0.898. The molecule has 1 saturated heterocycles. The Morgan fingerprint density at radius 2 is 2.00 bits per heavy atom. The number of carboxylic acid groups (broad SMARTS) is 1. The van der Waals surface area contributed by atoms with Crippen LogP contribution in [0, 0.1) is 5.92 Å². The second-order valence-corrected chi connectivity index (χ2v) is 6.55. The van der Waals surface area contributed by atoms with Gasteiger partial charge in [0.2, 0.25) is 0 Å². The molecular formula is C19H20ClNO3. The fourth-order valence-electron chi connectivity index (χ4n) is 3.42. The van der Waals surface area contributed by atoms with Crippen LogP contribution in [-0.4, -0.2) is 36.2 Å². The standard InChI is InChI=1S/C19H20ClNO3/c1-24-18-8-7-14(20)9-15(18)16-11-21(12-17(16)19(22)23)10-13-5-3-2-4-6-13/h2-9,16-17H,10-12H2,1H3,(H,22,23)/t16-,17+/m0/s1. The van der Waals surface area contributed by atoms with Crippen molar-refractivity contribution >= 4 is 17.6 Å². The monoisotopic (exact) mass is 345 g/mol. The van der Waals surface area contributed by atoms with Gasteiger partial charge in [0, 0.05) is 36.1 Å². The summed E-state index contributed by atoms with van der Waals surface area (Å²) in [7, 11) is 1.60. The molecule has 0 bridgehead atoms. The van der Waals surface area contributed by atoms with E-state index in [1.54, 1.807) is 19.2 Å². The molecule has 0 unspecified atom stereocenters. The van der Waals surface area contributed by atoms with Crippen LogP contribution in [0.2, 0.25) is 5.02 Å². The predicted molar refractivity (Wildman–Crippen MR) is 93.6 cm³/mol. The molecule has 1 heterocycles. The van der Waals surface area contributed by atoms with Gasteiger partial charge in [-0.3, -0.25) is 9.69 Å². The summed E-state index contributed by atoms with van der Waals surface area (Å²) in [6, 6.07) is 15.5. The summed E-state index contributed by atoms with van der Waals surface area (Å²) in [4.78, 5) is 13.9. The molecule has 2 aromatic rings. The van der Waals surface area contributed by atoms with Gasteiger partial charge in [-0.25, -0.2) is 0 Å². The minimum absolute atomic E-state index is 0.139. The first-order valence-corrected chi connectivity index (χ1v) is 8.29. The van der Waals surface area contributed by atoms with Crippen LogP contribution in [0.3, 0.4) is 0 Å². The third kappa shape index (κ3) is 3.55. The molecule has 4 nitrogen and oxygen atoms in total. The summed E-state index contributed by atoms with van der Waals surface area (Å²) in [6.45, 7) is 1.93. The molecule has 24 heavy (non-hydrogen) atoms. The Hall–Kier alpha value is -2.04. The van der Waals surface area contributed by atoms with Gasteiger partial charge in [-0.1, -0.05) is 41.9 Å². The van der Waals surface area contributed by atoms with Crippen molar-refractivity contribution in [1.82, 2.24) is 4.90 Å². The van der Waals surface area contributed by atoms with Crippen molar-refractivity contribution in [2.45, 2.75) is 12.5 Å². The van der Waals surface area contributed by atoms with E-state index in [-0.39, 0.29) is 5.92 Å². The van der Waals surface area contributed by atoms with Crippen molar-refractivity contribution < 1.29 is 14.6 Å². The molecule has 0 saturated carbocycles. The average molecular weight is 346 g/mol. The number of hydrogen-bond donors (Lipinski definition) is 1. The molecule has 0 spiro atoms. The van der Waals surface area contributed by atoms with E-state index in [0.29, 0.717) is 23.9 Å². The largest absolute Gasteiger partial charge is 0.496 e. The highest BCUT2D eigenvalue weighted by atomic mass is 35.5. The molecule has 1 aliphatic heterocycles. The van der Waals surface area contributed by atoms with Gasteiger partial charge >= 0.3 is 5.97 Å². The number of methoxy groups -OCH3 is 1. The number of ether oxygens (including phenoxy) is 1. The highest BCUT2D eigenvalue weighted by molar-refractivity contribution is 6.30. The zero-order chi connectivity index (χ0) is 17.1. The number of nitrogens with zero attached hydrogens (tertiary/aromatic N) is 1. The SMILES string of the molecule is COc1ccc(Cl)cc1[C@@H]1CN(Cc2ccccc2)C[C@H]1C(=O)O. The Morgan fingerprint density at radius 1 is 1.25 bits per heavy atom. The number of benzene rings is 2. The van der Waals surface area contributed by atoms with Crippen LogP contribution in [-0.2, 0) is 11.3 Å². The van der Waals surface area contributed by atoms with Gasteiger partial charge in [0.05, 0.1) is 13.0 Å². The molecule has 1 fully saturated rings. The summed E-state index contributed by atoms with van der Waals surface area (Å²) < 4.78 is 5.42. The highest BCUT2D eigenvalue weighted by Crippen LogP contribution is 2.39. The Morgan fingerprint density at radius 3 is 2.67 bits per heavy atom. The molecular weight excluding hydrogens is 326 g/mol. The molecule has 126 valence electrons. The van der Waals surface area contributed by atoms with Crippen molar-refractivity contribution in [3.63, 3.8) is 0 Å². The van der Waals surface area contributed by atoms with Crippen molar-refractivity contribution in [2.75, 3.05) is 20.2 Å². The Bertz CT molecular complexity index is 720. The number of aliphatic carboxylic acids is 1. The van der Waals surface area contributed by atoms with E-state index in [9.17, 15) is 9.90 Å². The van der Waals surface area contributed by atoms with Crippen molar-refractivity contribution in [3.05, 3.63) is 64.7 Å². The third-order valence-electron chi connectivity index (χ3n) is 4.55. The smallest absolute Gasteiger partial charge is 0.308 e. The molecule has 3 rings (SSSR count). The van der Waals surface area contributed by atoms with Gasteiger partial charge in [0.1, 0.15) is 5.75 Å². The van der Waals surface area contributed by atoms with Crippen LogP contribution in [0.5, 0.6) is 5.75 Å². The van der Waals surface area contributed by atoms with E-state index >= 15 is 0 Å². The lowest BCUT2D eigenvalue weighted by Crippen LogP contribution is -2.23. The van der Waals surface area contributed by atoms with Gasteiger partial charge in [0.15, 0.2) is 0 Å². The number of hydrogen-bond acceptors (Lipinski definition) is 3. The fourth-order valence-corrected chi connectivity index (χ4v) is 3.60. The zero-order valence-electron chi connectivity index (χ0n) is 13.5. The lowest BCUT2D eigenvalue weighted by molar-refractivity contribution is -0.141. The third-order valence-corrected chi connectivity index (χ3v) is 4.79. The molecule has 2 aromatic carbocycles. The normalized spacial score (nSPS) is 20.9. The van der Waals surface area contributed by atoms with Crippen molar-refractivity contribution in [1.29, 1.82) is 0 Å². The lowest BCUT2D eigenvalue weighted by Gasteiger charge is -2.19. The number of rotatable bonds is 5. The van der Waals surface area contributed by atoms with E-state index in [0.717, 1.165) is 12.1 Å². The molecule has 1 aliphatic rings. The summed E-state index contributed by atoms with van der Waals surface area (Å²) in [6.07, 6.45) is 0. The summed E-state index contributed by atoms with van der Waals surface area (Å²) in [5, 5.41) is 10.3. The number of likely N-dealkylation sites (tertiary alicyclic amines) is 1. The molecule has 0 aromatic heterocycles. The topological polar surface area (TPSA) is 49.8 Å². The van der Waals surface area contributed by atoms with E-state index in [1.165, 1.54) is 5.56 Å². The summed E-state index contributed by atoms with van der Waals surface area (Å²) in [5.74, 6) is -0.698. The molecule has 5 heteroatoms. The molecule has 0 amide bonds. The number of carbonyl (C=O) groups is 1. The van der Waals surface area contributed by atoms with E-state index in [4.69, 9.17) is 16.3 Å². The highest BCUT2D eigenvalue weighted by Gasteiger charge is 2.39. The first kappa shape index (κ1) is 16.8. The minimum atomic E-state index is -0.780. The molecule has 2 atom stereocenters. The first-order valence-electron chi connectivity index (χ1n) is 7.91. The van der Waals surface area contributed by atoms with Crippen molar-refractivity contribution in [2.24, 2.45) is 5.92 Å². The molecule has 1 N–H and O–H groups in total. The lowest BCUT2D eigenvalue weighted by atomic mass is 9.88. The number of carboxylic acids is 1. The molecule has 0 radical (unpaired) electrons. The Kier molecular flexibility index (Phi) is 5.07. The second kappa shape index (κ2) is 7.24. The van der Waals surface area contributed by atoms with Crippen LogP contribution in [0.25, 0.3) is 0 Å². The van der Waals surface area contributed by atoms with Gasteiger partial charge in [-0.2, -0.15) is 0 Å². The van der Waals surface area contributed by atoms with E-state index < -0.39 is 11.9 Å². The van der Waals surface area contributed by atoms with E-state index in [2.05, 4.69) is 17.0 Å². The van der Waals surface area contributed by atoms with Gasteiger partial charge in [-0.05, 0) is 23.8 Å². The van der Waals surface area contributed by atoms with Crippen LogP contribution in [0.15, 0.2) is 48.5 Å².